The van der Waals surface area contributed by atoms with Crippen molar-refractivity contribution in [1.29, 1.82) is 0 Å². The molecule has 106 valence electrons. The van der Waals surface area contributed by atoms with Gasteiger partial charge in [0.1, 0.15) is 12.4 Å². The standard InChI is InChI=1S/C15H21BrO3/c1-11(17)13-9-12(16)5-6-14(13)19-10-15(18)7-3-2-4-8-15/h5-6,9,11,17-18H,2-4,7-8,10H2,1H3. The maximum Gasteiger partial charge on any atom is 0.125 e. The summed E-state index contributed by atoms with van der Waals surface area (Å²) in [6.07, 6.45) is 4.32. The fourth-order valence-electron chi connectivity index (χ4n) is 2.54. The van der Waals surface area contributed by atoms with Crippen LogP contribution in [0.5, 0.6) is 5.75 Å². The fourth-order valence-corrected chi connectivity index (χ4v) is 2.92. The summed E-state index contributed by atoms with van der Waals surface area (Å²) >= 11 is 3.39. The average Bonchev–Trinajstić information content (AvgIpc) is 2.38. The number of aliphatic hydroxyl groups excluding tert-OH is 1. The summed E-state index contributed by atoms with van der Waals surface area (Å²) in [5, 5.41) is 20.2. The summed E-state index contributed by atoms with van der Waals surface area (Å²) in [5.74, 6) is 0.650. The van der Waals surface area contributed by atoms with Crippen molar-refractivity contribution < 1.29 is 14.9 Å². The lowest BCUT2D eigenvalue weighted by Crippen LogP contribution is -2.38. The Bertz CT molecular complexity index is 425. The van der Waals surface area contributed by atoms with Gasteiger partial charge in [-0.1, -0.05) is 35.2 Å². The minimum absolute atomic E-state index is 0.300. The van der Waals surface area contributed by atoms with Gasteiger partial charge in [-0.05, 0) is 38.0 Å². The molecule has 2 rings (SSSR count). The summed E-state index contributed by atoms with van der Waals surface area (Å²) in [7, 11) is 0. The van der Waals surface area contributed by atoms with Crippen LogP contribution in [-0.4, -0.2) is 22.4 Å². The first kappa shape index (κ1) is 14.8. The molecule has 0 amide bonds. The molecule has 19 heavy (non-hydrogen) atoms. The van der Waals surface area contributed by atoms with Crippen molar-refractivity contribution in [3.05, 3.63) is 28.2 Å². The second-order valence-corrected chi connectivity index (χ2v) is 6.35. The van der Waals surface area contributed by atoms with Gasteiger partial charge in [0, 0.05) is 10.0 Å². The van der Waals surface area contributed by atoms with E-state index in [2.05, 4.69) is 15.9 Å². The third kappa shape index (κ3) is 3.94. The van der Waals surface area contributed by atoms with Crippen LogP contribution >= 0.6 is 15.9 Å². The van der Waals surface area contributed by atoms with Gasteiger partial charge in [-0.2, -0.15) is 0 Å². The Kier molecular flexibility index (Phi) is 4.87. The first-order valence-corrected chi connectivity index (χ1v) is 7.62. The van der Waals surface area contributed by atoms with E-state index in [1.165, 1.54) is 6.42 Å². The quantitative estimate of drug-likeness (QED) is 0.888. The zero-order valence-electron chi connectivity index (χ0n) is 11.2. The molecule has 0 bridgehead atoms. The molecule has 1 fully saturated rings. The maximum absolute atomic E-state index is 10.4. The van der Waals surface area contributed by atoms with Gasteiger partial charge in [-0.25, -0.2) is 0 Å². The number of hydrogen-bond acceptors (Lipinski definition) is 3. The summed E-state index contributed by atoms with van der Waals surface area (Å²) in [6.45, 7) is 2.01. The molecule has 1 aliphatic rings. The van der Waals surface area contributed by atoms with E-state index in [4.69, 9.17) is 4.74 Å². The predicted molar refractivity (Wildman–Crippen MR) is 78.3 cm³/mol. The van der Waals surface area contributed by atoms with Crippen molar-refractivity contribution in [3.63, 3.8) is 0 Å². The number of aliphatic hydroxyl groups is 2. The van der Waals surface area contributed by atoms with Crippen LogP contribution in [0, 0.1) is 0 Å². The van der Waals surface area contributed by atoms with Gasteiger partial charge in [-0.3, -0.25) is 0 Å². The molecule has 0 saturated heterocycles. The van der Waals surface area contributed by atoms with E-state index >= 15 is 0 Å². The number of rotatable bonds is 4. The Labute approximate surface area is 122 Å². The largest absolute Gasteiger partial charge is 0.490 e. The smallest absolute Gasteiger partial charge is 0.125 e. The Morgan fingerprint density at radius 2 is 2.00 bits per heavy atom. The lowest BCUT2D eigenvalue weighted by atomic mass is 9.85. The molecule has 2 N–H and O–H groups in total. The molecular formula is C15H21BrO3. The van der Waals surface area contributed by atoms with Crippen LogP contribution in [0.25, 0.3) is 0 Å². The SMILES string of the molecule is CC(O)c1cc(Br)ccc1OCC1(O)CCCCC1. The highest BCUT2D eigenvalue weighted by atomic mass is 79.9. The molecule has 1 aromatic rings. The normalized spacial score (nSPS) is 20.0. The van der Waals surface area contributed by atoms with E-state index in [1.807, 2.05) is 18.2 Å². The van der Waals surface area contributed by atoms with E-state index in [-0.39, 0.29) is 0 Å². The summed E-state index contributed by atoms with van der Waals surface area (Å²) in [4.78, 5) is 0. The summed E-state index contributed by atoms with van der Waals surface area (Å²) in [5.41, 5.74) is 0.0372. The van der Waals surface area contributed by atoms with Gasteiger partial charge in [0.25, 0.3) is 0 Å². The fraction of sp³-hybridized carbons (Fsp3) is 0.600. The Morgan fingerprint density at radius 3 is 2.63 bits per heavy atom. The third-order valence-corrected chi connectivity index (χ3v) is 4.20. The van der Waals surface area contributed by atoms with Crippen LogP contribution in [0.15, 0.2) is 22.7 Å². The molecule has 0 spiro atoms. The number of halogens is 1. The predicted octanol–water partition coefficient (Wildman–Crippen LogP) is 3.58. The van der Waals surface area contributed by atoms with Crippen LogP contribution in [0.4, 0.5) is 0 Å². The summed E-state index contributed by atoms with van der Waals surface area (Å²) < 4.78 is 6.67. The van der Waals surface area contributed by atoms with Gasteiger partial charge in [0.05, 0.1) is 11.7 Å². The van der Waals surface area contributed by atoms with Crippen LogP contribution in [0.3, 0.4) is 0 Å². The highest BCUT2D eigenvalue weighted by Crippen LogP contribution is 2.32. The van der Waals surface area contributed by atoms with Crippen molar-refractivity contribution in [2.24, 2.45) is 0 Å². The van der Waals surface area contributed by atoms with Gasteiger partial charge < -0.3 is 14.9 Å². The highest BCUT2D eigenvalue weighted by Gasteiger charge is 2.30. The molecular weight excluding hydrogens is 308 g/mol. The van der Waals surface area contributed by atoms with E-state index < -0.39 is 11.7 Å². The van der Waals surface area contributed by atoms with Crippen molar-refractivity contribution in [1.82, 2.24) is 0 Å². The minimum atomic E-state index is -0.707. The van der Waals surface area contributed by atoms with Crippen LogP contribution in [0.2, 0.25) is 0 Å². The van der Waals surface area contributed by atoms with Crippen LogP contribution in [0.1, 0.15) is 50.7 Å². The zero-order chi connectivity index (χ0) is 13.9. The van der Waals surface area contributed by atoms with Crippen LogP contribution < -0.4 is 4.74 Å². The highest BCUT2D eigenvalue weighted by molar-refractivity contribution is 9.10. The Hall–Kier alpha value is -0.580. The van der Waals surface area contributed by atoms with Crippen molar-refractivity contribution >= 4 is 15.9 Å². The second-order valence-electron chi connectivity index (χ2n) is 5.43. The lowest BCUT2D eigenvalue weighted by Gasteiger charge is -2.32. The molecule has 1 aromatic carbocycles. The molecule has 0 heterocycles. The maximum atomic E-state index is 10.4. The summed E-state index contributed by atoms with van der Waals surface area (Å²) in [6, 6.07) is 5.56. The topological polar surface area (TPSA) is 49.7 Å². The molecule has 0 aromatic heterocycles. The van der Waals surface area contributed by atoms with Crippen molar-refractivity contribution in [2.45, 2.75) is 50.7 Å². The van der Waals surface area contributed by atoms with Gasteiger partial charge in [0.2, 0.25) is 0 Å². The van der Waals surface area contributed by atoms with Gasteiger partial charge in [0.15, 0.2) is 0 Å². The van der Waals surface area contributed by atoms with E-state index in [0.29, 0.717) is 12.4 Å². The third-order valence-electron chi connectivity index (χ3n) is 3.70. The monoisotopic (exact) mass is 328 g/mol. The first-order valence-electron chi connectivity index (χ1n) is 6.83. The molecule has 1 aliphatic carbocycles. The Morgan fingerprint density at radius 1 is 1.32 bits per heavy atom. The number of hydrogen-bond donors (Lipinski definition) is 2. The molecule has 0 aliphatic heterocycles. The lowest BCUT2D eigenvalue weighted by molar-refractivity contribution is -0.0345. The molecule has 4 heteroatoms. The average molecular weight is 329 g/mol. The van der Waals surface area contributed by atoms with E-state index in [1.54, 1.807) is 6.92 Å². The molecule has 1 atom stereocenters. The van der Waals surface area contributed by atoms with Crippen molar-refractivity contribution in [2.75, 3.05) is 6.61 Å². The molecule has 3 nitrogen and oxygen atoms in total. The van der Waals surface area contributed by atoms with E-state index in [9.17, 15) is 10.2 Å². The molecule has 1 saturated carbocycles. The number of benzene rings is 1. The van der Waals surface area contributed by atoms with Gasteiger partial charge in [-0.15, -0.1) is 0 Å². The zero-order valence-corrected chi connectivity index (χ0v) is 12.8. The van der Waals surface area contributed by atoms with Crippen molar-refractivity contribution in [3.8, 4) is 5.75 Å². The molecule has 1 unspecified atom stereocenters. The first-order chi connectivity index (χ1) is 9.00. The van der Waals surface area contributed by atoms with Crippen LogP contribution in [-0.2, 0) is 0 Å². The second kappa shape index (κ2) is 6.25. The Balaban J connectivity index is 2.06. The van der Waals surface area contributed by atoms with Gasteiger partial charge >= 0.3 is 0 Å². The molecule has 0 radical (unpaired) electrons. The number of ether oxygens (including phenoxy) is 1. The minimum Gasteiger partial charge on any atom is -0.490 e. The van der Waals surface area contributed by atoms with E-state index in [0.717, 1.165) is 35.7 Å².